The Morgan fingerprint density at radius 2 is 1.93 bits per heavy atom. The summed E-state index contributed by atoms with van der Waals surface area (Å²) >= 11 is 0. The van der Waals surface area contributed by atoms with Crippen LogP contribution in [0.4, 0.5) is 0 Å². The molecule has 6 rings (SSSR count). The van der Waals surface area contributed by atoms with Crippen LogP contribution in [0.5, 0.6) is 5.88 Å². The minimum Gasteiger partial charge on any atom is -0.481 e. The minimum atomic E-state index is -4.02. The number of ether oxygens (including phenoxy) is 2. The highest BCUT2D eigenvalue weighted by Gasteiger charge is 2.41. The molecule has 1 fully saturated rings. The van der Waals surface area contributed by atoms with Gasteiger partial charge in [-0.3, -0.25) is 9.78 Å². The SMILES string of the molecule is Cc1ncc(C(c2ccc3c(nnn3C3CC3)c2C)C(C)(C)C(=O)O)cc1CN1CCCOCCOc2ncccc2S1(=O)=O. The first kappa shape index (κ1) is 31.1. The van der Waals surface area contributed by atoms with Crippen LogP contribution in [0.3, 0.4) is 0 Å². The van der Waals surface area contributed by atoms with Gasteiger partial charge in [0, 0.05) is 43.7 Å². The number of carboxylic acid groups (broad SMARTS) is 1. The summed E-state index contributed by atoms with van der Waals surface area (Å²) in [5.41, 5.74) is 4.10. The van der Waals surface area contributed by atoms with Gasteiger partial charge >= 0.3 is 5.97 Å². The average Bonchev–Trinajstić information content (AvgIpc) is 3.76. The first-order valence-electron chi connectivity index (χ1n) is 15.2. The van der Waals surface area contributed by atoms with E-state index in [0.717, 1.165) is 35.0 Å². The van der Waals surface area contributed by atoms with Gasteiger partial charge in [-0.25, -0.2) is 18.1 Å². The predicted molar refractivity (Wildman–Crippen MR) is 166 cm³/mol. The van der Waals surface area contributed by atoms with E-state index in [0.29, 0.717) is 42.5 Å². The van der Waals surface area contributed by atoms with Crippen LogP contribution < -0.4 is 4.74 Å². The number of hydrogen-bond acceptors (Lipinski definition) is 9. The largest absolute Gasteiger partial charge is 0.481 e. The van der Waals surface area contributed by atoms with E-state index in [4.69, 9.17) is 9.47 Å². The van der Waals surface area contributed by atoms with E-state index >= 15 is 0 Å². The number of hydrogen-bond donors (Lipinski definition) is 1. The van der Waals surface area contributed by atoms with Crippen molar-refractivity contribution in [3.05, 3.63) is 70.7 Å². The lowest BCUT2D eigenvalue weighted by molar-refractivity contribution is -0.147. The van der Waals surface area contributed by atoms with Crippen molar-refractivity contribution in [3.63, 3.8) is 0 Å². The number of pyridine rings is 2. The predicted octanol–water partition coefficient (Wildman–Crippen LogP) is 4.41. The molecule has 1 saturated carbocycles. The first-order chi connectivity index (χ1) is 21.5. The van der Waals surface area contributed by atoms with Crippen LogP contribution in [0.2, 0.25) is 0 Å². The lowest BCUT2D eigenvalue weighted by atomic mass is 9.70. The van der Waals surface area contributed by atoms with Gasteiger partial charge in [0.25, 0.3) is 0 Å². The molecule has 0 radical (unpaired) electrons. The normalized spacial score (nSPS) is 18.5. The second kappa shape index (κ2) is 12.1. The number of rotatable bonds is 7. The fourth-order valence-corrected chi connectivity index (χ4v) is 7.55. The van der Waals surface area contributed by atoms with Crippen LogP contribution >= 0.6 is 0 Å². The van der Waals surface area contributed by atoms with E-state index in [9.17, 15) is 18.3 Å². The Bertz CT molecular complexity index is 1850. The molecule has 1 unspecified atom stereocenters. The summed E-state index contributed by atoms with van der Waals surface area (Å²) < 4.78 is 42.7. The molecule has 12 nitrogen and oxygen atoms in total. The molecule has 1 N–H and O–H groups in total. The number of aryl methyl sites for hydroxylation is 2. The van der Waals surface area contributed by atoms with Crippen molar-refractivity contribution < 1.29 is 27.8 Å². The zero-order chi connectivity index (χ0) is 31.9. The van der Waals surface area contributed by atoms with Crippen molar-refractivity contribution in [2.24, 2.45) is 5.41 Å². The maximum atomic E-state index is 14.0. The summed E-state index contributed by atoms with van der Waals surface area (Å²) in [6.45, 7) is 8.29. The quantitative estimate of drug-likeness (QED) is 0.310. The number of carbonyl (C=O) groups is 1. The molecule has 13 heteroatoms. The number of fused-ring (bicyclic) bond motifs is 2. The van der Waals surface area contributed by atoms with Gasteiger partial charge in [0.1, 0.15) is 17.0 Å². The molecule has 45 heavy (non-hydrogen) atoms. The summed E-state index contributed by atoms with van der Waals surface area (Å²) in [6, 6.07) is 9.25. The van der Waals surface area contributed by atoms with E-state index in [1.54, 1.807) is 26.1 Å². The van der Waals surface area contributed by atoms with Crippen LogP contribution in [-0.4, -0.2) is 75.1 Å². The molecule has 1 atom stereocenters. The summed E-state index contributed by atoms with van der Waals surface area (Å²) in [4.78, 5) is 21.6. The van der Waals surface area contributed by atoms with Gasteiger partial charge in [-0.1, -0.05) is 17.3 Å². The number of aromatic nitrogens is 5. The second-order valence-corrected chi connectivity index (χ2v) is 14.3. The van der Waals surface area contributed by atoms with E-state index in [2.05, 4.69) is 20.3 Å². The summed E-state index contributed by atoms with van der Waals surface area (Å²) in [5, 5.41) is 19.3. The van der Waals surface area contributed by atoms with Gasteiger partial charge in [-0.2, -0.15) is 4.31 Å². The van der Waals surface area contributed by atoms with Gasteiger partial charge < -0.3 is 14.6 Å². The topological polar surface area (TPSA) is 150 Å². The number of sulfonamides is 1. The van der Waals surface area contributed by atoms with Gasteiger partial charge in [0.2, 0.25) is 15.9 Å². The Labute approximate surface area is 262 Å². The van der Waals surface area contributed by atoms with E-state index in [1.807, 2.05) is 36.7 Å². The number of carboxylic acids is 1. The Kier molecular flexibility index (Phi) is 8.35. The molecule has 0 spiro atoms. The summed E-state index contributed by atoms with van der Waals surface area (Å²) in [5.74, 6) is -1.54. The fourth-order valence-electron chi connectivity index (χ4n) is 6.02. The molecule has 0 amide bonds. The molecule has 2 aliphatic rings. The van der Waals surface area contributed by atoms with Crippen LogP contribution in [0.1, 0.15) is 73.0 Å². The number of nitrogens with zero attached hydrogens (tertiary/aromatic N) is 6. The average molecular weight is 635 g/mol. The zero-order valence-electron chi connectivity index (χ0n) is 25.9. The number of aliphatic carboxylic acids is 1. The minimum absolute atomic E-state index is 0.0123. The maximum absolute atomic E-state index is 14.0. The molecule has 4 heterocycles. The summed E-state index contributed by atoms with van der Waals surface area (Å²) in [7, 11) is -4.02. The Hall–Kier alpha value is -3.94. The van der Waals surface area contributed by atoms with Crippen molar-refractivity contribution in [1.82, 2.24) is 29.3 Å². The Morgan fingerprint density at radius 3 is 2.69 bits per heavy atom. The third kappa shape index (κ3) is 5.91. The highest BCUT2D eigenvalue weighted by molar-refractivity contribution is 7.89. The smallest absolute Gasteiger partial charge is 0.310 e. The van der Waals surface area contributed by atoms with Gasteiger partial charge in [-0.05, 0) is 87.4 Å². The van der Waals surface area contributed by atoms with Crippen molar-refractivity contribution >= 4 is 27.0 Å². The molecular weight excluding hydrogens is 596 g/mol. The molecule has 0 saturated heterocycles. The highest BCUT2D eigenvalue weighted by Crippen LogP contribution is 2.45. The lowest BCUT2D eigenvalue weighted by Gasteiger charge is -2.33. The molecule has 1 aliphatic carbocycles. The molecule has 0 bridgehead atoms. The molecule has 1 aliphatic heterocycles. The Balaban J connectivity index is 1.42. The van der Waals surface area contributed by atoms with Gasteiger partial charge in [0.15, 0.2) is 0 Å². The highest BCUT2D eigenvalue weighted by atomic mass is 32.2. The van der Waals surface area contributed by atoms with Crippen molar-refractivity contribution in [2.45, 2.75) is 70.4 Å². The second-order valence-electron chi connectivity index (χ2n) is 12.3. The third-order valence-corrected chi connectivity index (χ3v) is 10.7. The van der Waals surface area contributed by atoms with Crippen molar-refractivity contribution in [2.75, 3.05) is 26.4 Å². The van der Waals surface area contributed by atoms with E-state index in [-0.39, 0.29) is 30.5 Å². The van der Waals surface area contributed by atoms with Crippen LogP contribution in [0.15, 0.2) is 47.6 Å². The summed E-state index contributed by atoms with van der Waals surface area (Å²) in [6.07, 6.45) is 5.81. The first-order valence-corrected chi connectivity index (χ1v) is 16.6. The Morgan fingerprint density at radius 1 is 1.13 bits per heavy atom. The van der Waals surface area contributed by atoms with Gasteiger partial charge in [0.05, 0.1) is 23.6 Å². The van der Waals surface area contributed by atoms with E-state index in [1.165, 1.54) is 16.6 Å². The monoisotopic (exact) mass is 634 g/mol. The van der Waals surface area contributed by atoms with E-state index < -0.39 is 27.3 Å². The van der Waals surface area contributed by atoms with Crippen LogP contribution in [-0.2, 0) is 26.1 Å². The molecule has 1 aromatic carbocycles. The van der Waals surface area contributed by atoms with Crippen molar-refractivity contribution in [3.8, 4) is 5.88 Å². The van der Waals surface area contributed by atoms with Gasteiger partial charge in [-0.15, -0.1) is 5.10 Å². The number of benzene rings is 1. The van der Waals surface area contributed by atoms with Crippen molar-refractivity contribution in [1.29, 1.82) is 0 Å². The van der Waals surface area contributed by atoms with Crippen LogP contribution in [0, 0.1) is 19.3 Å². The maximum Gasteiger partial charge on any atom is 0.310 e. The molecule has 3 aromatic heterocycles. The lowest BCUT2D eigenvalue weighted by Crippen LogP contribution is -2.34. The third-order valence-electron chi connectivity index (χ3n) is 8.83. The fraction of sp³-hybridized carbons (Fsp3) is 0.469. The molecule has 4 aromatic rings. The standard InChI is InChI=1S/C32H38N6O6S/c1-20-25(10-11-26-29(20)35-36-38(26)24-8-9-24)28(32(3,4)31(39)40)22-17-23(21(2)34-18-22)19-37-13-6-14-43-15-16-44-30-27(45(37,41)42)7-5-12-33-30/h5,7,10-12,17-18,24,28H,6,8-9,13-16,19H2,1-4H3,(H,39,40). The van der Waals surface area contributed by atoms with Crippen LogP contribution in [0.25, 0.3) is 11.0 Å². The molecular formula is C32H38N6O6S. The molecule has 238 valence electrons. The zero-order valence-corrected chi connectivity index (χ0v) is 26.7.